The zero-order valence-electron chi connectivity index (χ0n) is 14.6. The molecule has 8 heteroatoms. The van der Waals surface area contributed by atoms with Gasteiger partial charge in [-0.05, 0) is 38.1 Å². The highest BCUT2D eigenvalue weighted by atomic mass is 19.1. The van der Waals surface area contributed by atoms with Crippen LogP contribution >= 0.6 is 0 Å². The molecule has 1 saturated heterocycles. The monoisotopic (exact) mass is 357 g/mol. The second kappa shape index (κ2) is 7.57. The lowest BCUT2D eigenvalue weighted by Crippen LogP contribution is -2.58. The summed E-state index contributed by atoms with van der Waals surface area (Å²) < 4.78 is 13.0. The summed E-state index contributed by atoms with van der Waals surface area (Å²) >= 11 is 0. The minimum Gasteiger partial charge on any atom is -0.324 e. The van der Waals surface area contributed by atoms with Gasteiger partial charge in [0.25, 0.3) is 5.91 Å². The first-order valence-electron chi connectivity index (χ1n) is 8.34. The van der Waals surface area contributed by atoms with Crippen molar-refractivity contribution in [1.82, 2.24) is 20.2 Å². The van der Waals surface area contributed by atoms with Crippen LogP contribution in [-0.2, 0) is 4.79 Å². The number of aryl methyl sites for hydroxylation is 2. The number of anilines is 1. The molecule has 1 fully saturated rings. The summed E-state index contributed by atoms with van der Waals surface area (Å²) in [5, 5.41) is 5.85. The molecule has 26 heavy (non-hydrogen) atoms. The topological polar surface area (TPSA) is 87.2 Å². The molecule has 0 radical (unpaired) electrons. The van der Waals surface area contributed by atoms with Crippen molar-refractivity contribution in [3.05, 3.63) is 53.4 Å². The second-order valence-corrected chi connectivity index (χ2v) is 6.13. The van der Waals surface area contributed by atoms with E-state index in [2.05, 4.69) is 20.6 Å². The number of hydrogen-bond acceptors (Lipinski definition) is 5. The van der Waals surface area contributed by atoms with Crippen molar-refractivity contribution >= 4 is 17.5 Å². The first kappa shape index (κ1) is 17.9. The Kier molecular flexibility index (Phi) is 5.22. The number of carbonyl (C=O) groups excluding carboxylic acids is 2. The van der Waals surface area contributed by atoms with Crippen LogP contribution in [0, 0.1) is 19.7 Å². The molecule has 2 heterocycles. The molecule has 1 aromatic heterocycles. The smallest absolute Gasteiger partial charge is 0.258 e. The fourth-order valence-electron chi connectivity index (χ4n) is 2.89. The first-order chi connectivity index (χ1) is 12.5. The highest BCUT2D eigenvalue weighted by Gasteiger charge is 2.33. The van der Waals surface area contributed by atoms with E-state index in [4.69, 9.17) is 0 Å². The molecule has 2 N–H and O–H groups in total. The normalized spacial score (nSPS) is 17.0. The lowest BCUT2D eigenvalue weighted by molar-refractivity contribution is -0.121. The summed E-state index contributed by atoms with van der Waals surface area (Å²) in [7, 11) is 0. The summed E-state index contributed by atoms with van der Waals surface area (Å²) in [4.78, 5) is 35.4. The van der Waals surface area contributed by atoms with Gasteiger partial charge in [0, 0.05) is 31.5 Å². The molecule has 1 aromatic carbocycles. The molecule has 2 aromatic rings. The van der Waals surface area contributed by atoms with Gasteiger partial charge in [0.2, 0.25) is 5.91 Å². The minimum absolute atomic E-state index is 0.275. The van der Waals surface area contributed by atoms with Gasteiger partial charge in [0.1, 0.15) is 17.7 Å². The molecule has 0 aliphatic carbocycles. The highest BCUT2D eigenvalue weighted by molar-refractivity contribution is 6.01. The molecular formula is C18H20FN5O2. The van der Waals surface area contributed by atoms with E-state index in [1.165, 1.54) is 35.4 Å². The van der Waals surface area contributed by atoms with Gasteiger partial charge < -0.3 is 15.5 Å². The van der Waals surface area contributed by atoms with Gasteiger partial charge in [-0.1, -0.05) is 0 Å². The first-order valence-corrected chi connectivity index (χ1v) is 8.34. The number of piperazine rings is 1. The Bertz CT molecular complexity index is 825. The Morgan fingerprint density at radius 3 is 2.69 bits per heavy atom. The maximum absolute atomic E-state index is 13.0. The van der Waals surface area contributed by atoms with Crippen molar-refractivity contribution in [3.63, 3.8) is 0 Å². The molecular weight excluding hydrogens is 337 g/mol. The zero-order chi connectivity index (χ0) is 18.7. The number of rotatable bonds is 3. The fraction of sp³-hybridized carbons (Fsp3) is 0.333. The third-order valence-electron chi connectivity index (χ3n) is 4.25. The van der Waals surface area contributed by atoms with Crippen molar-refractivity contribution < 1.29 is 14.0 Å². The number of nitrogens with one attached hydrogen (secondary N) is 2. The van der Waals surface area contributed by atoms with Crippen LogP contribution in [0.3, 0.4) is 0 Å². The quantitative estimate of drug-likeness (QED) is 0.864. The number of halogens is 1. The average Bonchev–Trinajstić information content (AvgIpc) is 2.63. The van der Waals surface area contributed by atoms with E-state index in [0.717, 1.165) is 0 Å². The zero-order valence-corrected chi connectivity index (χ0v) is 14.6. The molecule has 7 nitrogen and oxygen atoms in total. The third-order valence-corrected chi connectivity index (χ3v) is 4.25. The van der Waals surface area contributed by atoms with Crippen LogP contribution in [0.2, 0.25) is 0 Å². The highest BCUT2D eigenvalue weighted by Crippen LogP contribution is 2.15. The van der Waals surface area contributed by atoms with Crippen LogP contribution < -0.4 is 10.6 Å². The van der Waals surface area contributed by atoms with Gasteiger partial charge in [-0.25, -0.2) is 14.4 Å². The van der Waals surface area contributed by atoms with E-state index in [9.17, 15) is 14.0 Å². The van der Waals surface area contributed by atoms with Crippen molar-refractivity contribution in [2.75, 3.05) is 25.0 Å². The van der Waals surface area contributed by atoms with Crippen molar-refractivity contribution in [3.8, 4) is 0 Å². The average molecular weight is 357 g/mol. The largest absolute Gasteiger partial charge is 0.324 e. The third kappa shape index (κ3) is 3.85. The van der Waals surface area contributed by atoms with Crippen LogP contribution in [0.15, 0.2) is 30.5 Å². The molecule has 2 amide bonds. The summed E-state index contributed by atoms with van der Waals surface area (Å²) in [6.45, 7) is 4.83. The summed E-state index contributed by atoms with van der Waals surface area (Å²) in [5.41, 5.74) is 1.44. The molecule has 0 bridgehead atoms. The minimum atomic E-state index is -0.679. The predicted octanol–water partition coefficient (Wildman–Crippen LogP) is 1.29. The van der Waals surface area contributed by atoms with E-state index in [1.54, 1.807) is 13.8 Å². The molecule has 1 aliphatic rings. The van der Waals surface area contributed by atoms with E-state index < -0.39 is 6.04 Å². The summed E-state index contributed by atoms with van der Waals surface area (Å²) in [5.74, 6) is -0.398. The van der Waals surface area contributed by atoms with E-state index in [1.807, 2.05) is 0 Å². The number of benzene rings is 1. The Labute approximate surface area is 150 Å². The van der Waals surface area contributed by atoms with Gasteiger partial charge >= 0.3 is 0 Å². The SMILES string of the molecule is Cc1ncc(C(=O)N2CCNC[C@H]2C(=O)Nc2ccc(F)cc2)c(C)n1. The number of nitrogens with zero attached hydrogens (tertiary/aromatic N) is 3. The van der Waals surface area contributed by atoms with Crippen LogP contribution in [0.1, 0.15) is 21.9 Å². The molecule has 0 saturated carbocycles. The molecule has 0 spiro atoms. The van der Waals surface area contributed by atoms with Crippen molar-refractivity contribution in [1.29, 1.82) is 0 Å². The Hall–Kier alpha value is -2.87. The second-order valence-electron chi connectivity index (χ2n) is 6.13. The van der Waals surface area contributed by atoms with E-state index >= 15 is 0 Å². The molecule has 3 rings (SSSR count). The van der Waals surface area contributed by atoms with Gasteiger partial charge in [0.05, 0.1) is 11.3 Å². The summed E-state index contributed by atoms with van der Waals surface area (Å²) in [6, 6.07) is 4.82. The summed E-state index contributed by atoms with van der Waals surface area (Å²) in [6.07, 6.45) is 1.50. The lowest BCUT2D eigenvalue weighted by Gasteiger charge is -2.35. The molecule has 136 valence electrons. The van der Waals surface area contributed by atoms with E-state index in [0.29, 0.717) is 42.4 Å². The van der Waals surface area contributed by atoms with Gasteiger partial charge in [0.15, 0.2) is 0 Å². The molecule has 1 aliphatic heterocycles. The number of amides is 2. The number of hydrogen-bond donors (Lipinski definition) is 2. The van der Waals surface area contributed by atoms with Gasteiger partial charge in [-0.3, -0.25) is 9.59 Å². The number of aromatic nitrogens is 2. The van der Waals surface area contributed by atoms with E-state index in [-0.39, 0.29) is 17.6 Å². The van der Waals surface area contributed by atoms with Crippen molar-refractivity contribution in [2.24, 2.45) is 0 Å². The maximum Gasteiger partial charge on any atom is 0.258 e. The van der Waals surface area contributed by atoms with Gasteiger partial charge in [-0.2, -0.15) is 0 Å². The van der Waals surface area contributed by atoms with Crippen LogP contribution in [0.25, 0.3) is 0 Å². The predicted molar refractivity (Wildman–Crippen MR) is 94.2 cm³/mol. The Morgan fingerprint density at radius 1 is 1.27 bits per heavy atom. The fourth-order valence-corrected chi connectivity index (χ4v) is 2.89. The lowest BCUT2D eigenvalue weighted by atomic mass is 10.1. The Morgan fingerprint density at radius 2 is 2.00 bits per heavy atom. The standard InChI is InChI=1S/C18H20FN5O2/c1-11-15(9-21-12(2)22-11)18(26)24-8-7-20-10-16(24)17(25)23-14-5-3-13(19)4-6-14/h3-6,9,16,20H,7-8,10H2,1-2H3,(H,23,25)/t16-/m0/s1. The Balaban J connectivity index is 1.79. The van der Waals surface area contributed by atoms with Crippen LogP contribution in [0.5, 0.6) is 0 Å². The van der Waals surface area contributed by atoms with Gasteiger partial charge in [-0.15, -0.1) is 0 Å². The van der Waals surface area contributed by atoms with Crippen LogP contribution in [-0.4, -0.2) is 52.4 Å². The molecule has 0 unspecified atom stereocenters. The molecule has 1 atom stereocenters. The maximum atomic E-state index is 13.0. The number of carbonyl (C=O) groups is 2. The van der Waals surface area contributed by atoms with Crippen molar-refractivity contribution in [2.45, 2.75) is 19.9 Å². The van der Waals surface area contributed by atoms with Crippen LogP contribution in [0.4, 0.5) is 10.1 Å².